The number of anilines is 1. The van der Waals surface area contributed by atoms with Gasteiger partial charge in [-0.1, -0.05) is 25.1 Å². The van der Waals surface area contributed by atoms with Crippen molar-refractivity contribution in [3.05, 3.63) is 41.9 Å². The van der Waals surface area contributed by atoms with Crippen LogP contribution in [0, 0.1) is 11.8 Å². The van der Waals surface area contributed by atoms with Gasteiger partial charge in [0.1, 0.15) is 5.82 Å². The topological polar surface area (TPSA) is 71.3 Å². The van der Waals surface area contributed by atoms with Gasteiger partial charge in [-0.3, -0.25) is 4.79 Å². The maximum Gasteiger partial charge on any atom is 0.289 e. The number of carbonyl (C=O) groups is 1. The molecule has 0 bridgehead atoms. The minimum Gasteiger partial charge on any atom is -0.356 e. The van der Waals surface area contributed by atoms with Gasteiger partial charge in [0.05, 0.1) is 5.69 Å². The average molecular weight is 342 g/mol. The summed E-state index contributed by atoms with van der Waals surface area (Å²) in [5.41, 5.74) is 0.833. The highest BCUT2D eigenvalue weighted by molar-refractivity contribution is 5.91. The van der Waals surface area contributed by atoms with Crippen molar-refractivity contribution in [2.24, 2.45) is 11.8 Å². The maximum atomic E-state index is 12.3. The van der Waals surface area contributed by atoms with Gasteiger partial charge in [0.25, 0.3) is 5.91 Å². The number of pyridine rings is 1. The van der Waals surface area contributed by atoms with E-state index in [4.69, 9.17) is 4.52 Å². The molecule has 1 saturated heterocycles. The fourth-order valence-electron chi connectivity index (χ4n) is 3.24. The summed E-state index contributed by atoms with van der Waals surface area (Å²) >= 11 is 0. The fourth-order valence-corrected chi connectivity index (χ4v) is 3.24. The van der Waals surface area contributed by atoms with Gasteiger partial charge in [0.15, 0.2) is 0 Å². The van der Waals surface area contributed by atoms with Gasteiger partial charge < -0.3 is 14.7 Å². The molecule has 0 saturated carbocycles. The Balaban J connectivity index is 1.51. The van der Waals surface area contributed by atoms with Crippen molar-refractivity contribution in [2.75, 3.05) is 24.5 Å². The molecule has 1 aliphatic heterocycles. The lowest BCUT2D eigenvalue weighted by atomic mass is 9.98. The van der Waals surface area contributed by atoms with Crippen LogP contribution < -0.4 is 10.2 Å². The smallest absolute Gasteiger partial charge is 0.289 e. The Morgan fingerprint density at radius 3 is 3.08 bits per heavy atom. The molecule has 6 heteroatoms. The molecule has 1 fully saturated rings. The van der Waals surface area contributed by atoms with E-state index in [1.54, 1.807) is 6.07 Å². The van der Waals surface area contributed by atoms with E-state index in [-0.39, 0.29) is 5.91 Å². The Bertz CT molecular complexity index is 684. The summed E-state index contributed by atoms with van der Waals surface area (Å²) in [6, 6.07) is 7.71. The minimum absolute atomic E-state index is 0.183. The monoisotopic (exact) mass is 342 g/mol. The van der Waals surface area contributed by atoms with E-state index in [0.29, 0.717) is 24.1 Å². The Hall–Kier alpha value is -2.37. The van der Waals surface area contributed by atoms with Gasteiger partial charge in [-0.2, -0.15) is 0 Å². The molecule has 0 unspecified atom stereocenters. The summed E-state index contributed by atoms with van der Waals surface area (Å²) in [5.74, 6) is 2.02. The zero-order valence-corrected chi connectivity index (χ0v) is 14.9. The second-order valence-corrected chi connectivity index (χ2v) is 7.13. The van der Waals surface area contributed by atoms with E-state index >= 15 is 0 Å². The number of nitrogens with zero attached hydrogens (tertiary/aromatic N) is 3. The predicted molar refractivity (Wildman–Crippen MR) is 96.6 cm³/mol. The summed E-state index contributed by atoms with van der Waals surface area (Å²) in [4.78, 5) is 19.0. The quantitative estimate of drug-likeness (QED) is 0.874. The van der Waals surface area contributed by atoms with E-state index < -0.39 is 0 Å². The van der Waals surface area contributed by atoms with Crippen LogP contribution in [0.2, 0.25) is 0 Å². The van der Waals surface area contributed by atoms with Gasteiger partial charge in [-0.05, 0) is 43.2 Å². The Morgan fingerprint density at radius 2 is 2.32 bits per heavy atom. The standard InChI is InChI=1S/C19H26N4O2/c1-14(2)10-16-11-17(25-22-16)19(24)21-12-15-6-5-9-23(13-15)18-7-3-4-8-20-18/h3-4,7-8,11,14-15H,5-6,9-10,12-13H2,1-2H3,(H,21,24)/t15-/m0/s1. The Labute approximate surface area is 148 Å². The molecule has 1 N–H and O–H groups in total. The van der Waals surface area contributed by atoms with E-state index in [9.17, 15) is 4.79 Å². The molecule has 0 spiro atoms. The molecule has 0 aliphatic carbocycles. The third-order valence-electron chi connectivity index (χ3n) is 4.44. The Morgan fingerprint density at radius 1 is 1.44 bits per heavy atom. The van der Waals surface area contributed by atoms with Crippen LogP contribution in [0.4, 0.5) is 5.82 Å². The van der Waals surface area contributed by atoms with Gasteiger partial charge in [-0.15, -0.1) is 0 Å². The van der Waals surface area contributed by atoms with Crippen LogP contribution in [0.25, 0.3) is 0 Å². The Kier molecular flexibility index (Phi) is 5.68. The van der Waals surface area contributed by atoms with Crippen LogP contribution in [-0.4, -0.2) is 35.7 Å². The molecular formula is C19H26N4O2. The van der Waals surface area contributed by atoms with E-state index in [2.05, 4.69) is 34.2 Å². The molecule has 2 aromatic heterocycles. The molecular weight excluding hydrogens is 316 g/mol. The molecule has 25 heavy (non-hydrogen) atoms. The zero-order chi connectivity index (χ0) is 17.6. The molecule has 1 aliphatic rings. The molecule has 134 valence electrons. The van der Waals surface area contributed by atoms with Crippen LogP contribution in [0.5, 0.6) is 0 Å². The van der Waals surface area contributed by atoms with Gasteiger partial charge in [0.2, 0.25) is 5.76 Å². The molecule has 2 aromatic rings. The molecule has 1 atom stereocenters. The highest BCUT2D eigenvalue weighted by Crippen LogP contribution is 2.21. The molecule has 0 aromatic carbocycles. The lowest BCUT2D eigenvalue weighted by Crippen LogP contribution is -2.41. The van der Waals surface area contributed by atoms with E-state index in [0.717, 1.165) is 43.9 Å². The van der Waals surface area contributed by atoms with E-state index in [1.165, 1.54) is 0 Å². The lowest BCUT2D eigenvalue weighted by Gasteiger charge is -2.33. The van der Waals surface area contributed by atoms with Crippen molar-refractivity contribution in [1.82, 2.24) is 15.5 Å². The second-order valence-electron chi connectivity index (χ2n) is 7.13. The minimum atomic E-state index is -0.183. The number of hydrogen-bond acceptors (Lipinski definition) is 5. The SMILES string of the molecule is CC(C)Cc1cc(C(=O)NC[C@@H]2CCCN(c3ccccn3)C2)on1. The first-order valence-electron chi connectivity index (χ1n) is 9.01. The van der Waals surface area contributed by atoms with Crippen LogP contribution >= 0.6 is 0 Å². The molecule has 3 heterocycles. The van der Waals surface area contributed by atoms with Crippen molar-refractivity contribution in [2.45, 2.75) is 33.1 Å². The van der Waals surface area contributed by atoms with Gasteiger partial charge in [-0.25, -0.2) is 4.98 Å². The van der Waals surface area contributed by atoms with Crippen molar-refractivity contribution < 1.29 is 9.32 Å². The summed E-state index contributed by atoms with van der Waals surface area (Å²) < 4.78 is 5.18. The van der Waals surface area contributed by atoms with Crippen molar-refractivity contribution >= 4 is 11.7 Å². The van der Waals surface area contributed by atoms with E-state index in [1.807, 2.05) is 24.4 Å². The second kappa shape index (κ2) is 8.14. The predicted octanol–water partition coefficient (Wildman–Crippen LogP) is 2.91. The third kappa shape index (κ3) is 4.81. The lowest BCUT2D eigenvalue weighted by molar-refractivity contribution is 0.0908. The molecule has 1 amide bonds. The summed E-state index contributed by atoms with van der Waals surface area (Å²) in [6.45, 7) is 6.80. The van der Waals surface area contributed by atoms with Gasteiger partial charge in [0, 0.05) is 31.9 Å². The number of hydrogen-bond donors (Lipinski definition) is 1. The van der Waals surface area contributed by atoms with Crippen molar-refractivity contribution in [3.8, 4) is 0 Å². The molecule has 6 nitrogen and oxygen atoms in total. The average Bonchev–Trinajstić information content (AvgIpc) is 3.08. The van der Waals surface area contributed by atoms with Crippen molar-refractivity contribution in [1.29, 1.82) is 0 Å². The molecule has 0 radical (unpaired) electrons. The summed E-state index contributed by atoms with van der Waals surface area (Å²) in [7, 11) is 0. The number of piperidine rings is 1. The van der Waals surface area contributed by atoms with Crippen molar-refractivity contribution in [3.63, 3.8) is 0 Å². The fraction of sp³-hybridized carbons (Fsp3) is 0.526. The van der Waals surface area contributed by atoms with Crippen LogP contribution in [0.3, 0.4) is 0 Å². The zero-order valence-electron chi connectivity index (χ0n) is 14.9. The first-order valence-corrected chi connectivity index (χ1v) is 9.01. The first-order chi connectivity index (χ1) is 12.1. The van der Waals surface area contributed by atoms with Crippen LogP contribution in [0.1, 0.15) is 42.9 Å². The summed E-state index contributed by atoms with van der Waals surface area (Å²) in [6.07, 6.45) is 4.86. The number of nitrogens with one attached hydrogen (secondary N) is 1. The van der Waals surface area contributed by atoms with Crippen LogP contribution in [0.15, 0.2) is 35.0 Å². The normalized spacial score (nSPS) is 17.7. The highest BCUT2D eigenvalue weighted by Gasteiger charge is 2.22. The number of carbonyl (C=O) groups excluding carboxylic acids is 1. The number of rotatable bonds is 6. The first kappa shape index (κ1) is 17.5. The third-order valence-corrected chi connectivity index (χ3v) is 4.44. The summed E-state index contributed by atoms with van der Waals surface area (Å²) in [5, 5.41) is 6.96. The number of amides is 1. The maximum absolute atomic E-state index is 12.3. The largest absolute Gasteiger partial charge is 0.356 e. The molecule has 3 rings (SSSR count). The highest BCUT2D eigenvalue weighted by atomic mass is 16.5. The number of aromatic nitrogens is 2. The van der Waals surface area contributed by atoms with Gasteiger partial charge >= 0.3 is 0 Å². The van der Waals surface area contributed by atoms with Crippen LogP contribution in [-0.2, 0) is 6.42 Å².